The molecule has 0 spiro atoms. The van der Waals surface area contributed by atoms with Crippen molar-refractivity contribution in [3.63, 3.8) is 0 Å². The van der Waals surface area contributed by atoms with E-state index in [1.165, 1.54) is 0 Å². The number of anilines is 1. The molecule has 1 fully saturated rings. The number of rotatable bonds is 9. The molecule has 1 aliphatic rings. The van der Waals surface area contributed by atoms with Crippen molar-refractivity contribution in [2.24, 2.45) is 0 Å². The molecule has 0 aliphatic carbocycles. The highest BCUT2D eigenvalue weighted by Crippen LogP contribution is 2.11. The Bertz CT molecular complexity index is 791. The van der Waals surface area contributed by atoms with Crippen LogP contribution in [0, 0.1) is 6.92 Å². The number of aromatic nitrogens is 2. The van der Waals surface area contributed by atoms with Gasteiger partial charge in [0.25, 0.3) is 5.91 Å². The quantitative estimate of drug-likeness (QED) is 0.661. The number of aryl methyl sites for hydroxylation is 1. The van der Waals surface area contributed by atoms with Gasteiger partial charge < -0.3 is 20.1 Å². The number of morpholine rings is 1. The molecule has 0 bridgehead atoms. The van der Waals surface area contributed by atoms with E-state index in [1.54, 1.807) is 13.2 Å². The molecular weight excluding hydrogens is 370 g/mol. The number of carbonyl (C=O) groups is 1. The van der Waals surface area contributed by atoms with E-state index in [0.717, 1.165) is 62.8 Å². The van der Waals surface area contributed by atoms with Crippen molar-refractivity contribution >= 4 is 11.9 Å². The van der Waals surface area contributed by atoms with E-state index >= 15 is 0 Å². The lowest BCUT2D eigenvalue weighted by molar-refractivity contribution is 0.0398. The molecule has 1 aromatic heterocycles. The summed E-state index contributed by atoms with van der Waals surface area (Å²) in [5.41, 5.74) is 2.27. The lowest BCUT2D eigenvalue weighted by Crippen LogP contribution is -2.39. The molecule has 1 amide bonds. The minimum atomic E-state index is -0.194. The van der Waals surface area contributed by atoms with Gasteiger partial charge in [-0.1, -0.05) is 12.1 Å². The molecule has 0 unspecified atom stereocenters. The second-order valence-corrected chi connectivity index (χ2v) is 6.95. The summed E-state index contributed by atoms with van der Waals surface area (Å²) in [6.45, 7) is 7.46. The van der Waals surface area contributed by atoms with E-state index in [4.69, 9.17) is 9.47 Å². The van der Waals surface area contributed by atoms with Crippen molar-refractivity contribution in [2.45, 2.75) is 13.3 Å². The van der Waals surface area contributed by atoms with Crippen molar-refractivity contribution in [1.82, 2.24) is 20.2 Å². The number of methoxy groups -OCH3 is 1. The fraction of sp³-hybridized carbons (Fsp3) is 0.476. The Labute approximate surface area is 171 Å². The van der Waals surface area contributed by atoms with Crippen LogP contribution < -0.4 is 15.4 Å². The highest BCUT2D eigenvalue weighted by atomic mass is 16.5. The summed E-state index contributed by atoms with van der Waals surface area (Å²) in [6.07, 6.45) is 0.741. The second-order valence-electron chi connectivity index (χ2n) is 6.95. The predicted octanol–water partition coefficient (Wildman–Crippen LogP) is 1.51. The zero-order valence-corrected chi connectivity index (χ0v) is 17.1. The van der Waals surface area contributed by atoms with Crippen LogP contribution in [0.1, 0.15) is 21.7 Å². The first-order valence-electron chi connectivity index (χ1n) is 9.95. The standard InChI is InChI=1S/C21H29N5O3/c1-16-15-19(20(27)22-8-7-17-3-5-18(28-2)6-4-17)25-21(24-16)23-9-10-26-11-13-29-14-12-26/h3-6,15H,7-14H2,1-2H3,(H,22,27)(H,23,24,25). The summed E-state index contributed by atoms with van der Waals surface area (Å²) < 4.78 is 10.5. The predicted molar refractivity (Wildman–Crippen MR) is 112 cm³/mol. The average Bonchev–Trinajstić information content (AvgIpc) is 2.74. The summed E-state index contributed by atoms with van der Waals surface area (Å²) in [6, 6.07) is 9.53. The lowest BCUT2D eigenvalue weighted by Gasteiger charge is -2.26. The van der Waals surface area contributed by atoms with Gasteiger partial charge in [-0.25, -0.2) is 9.97 Å². The van der Waals surface area contributed by atoms with Crippen LogP contribution in [0.15, 0.2) is 30.3 Å². The molecule has 2 heterocycles. The van der Waals surface area contributed by atoms with Gasteiger partial charge in [0.2, 0.25) is 5.95 Å². The minimum absolute atomic E-state index is 0.194. The fourth-order valence-corrected chi connectivity index (χ4v) is 3.12. The van der Waals surface area contributed by atoms with Crippen molar-refractivity contribution in [1.29, 1.82) is 0 Å². The van der Waals surface area contributed by atoms with Crippen molar-refractivity contribution in [3.8, 4) is 5.75 Å². The van der Waals surface area contributed by atoms with Crippen LogP contribution in [-0.4, -0.2) is 73.8 Å². The topological polar surface area (TPSA) is 88.6 Å². The highest BCUT2D eigenvalue weighted by molar-refractivity contribution is 5.92. The largest absolute Gasteiger partial charge is 0.497 e. The summed E-state index contributed by atoms with van der Waals surface area (Å²) in [4.78, 5) is 23.6. The Morgan fingerprint density at radius 3 is 2.66 bits per heavy atom. The molecule has 1 aliphatic heterocycles. The van der Waals surface area contributed by atoms with Crippen LogP contribution in [-0.2, 0) is 11.2 Å². The van der Waals surface area contributed by atoms with Gasteiger partial charge in [-0.15, -0.1) is 0 Å². The number of benzene rings is 1. The van der Waals surface area contributed by atoms with Crippen LogP contribution in [0.5, 0.6) is 5.75 Å². The summed E-state index contributed by atoms with van der Waals surface area (Å²) in [5, 5.41) is 6.15. The smallest absolute Gasteiger partial charge is 0.270 e. The van der Waals surface area contributed by atoms with Gasteiger partial charge in [0.15, 0.2) is 0 Å². The first-order chi connectivity index (χ1) is 14.1. The monoisotopic (exact) mass is 399 g/mol. The maximum absolute atomic E-state index is 12.5. The highest BCUT2D eigenvalue weighted by Gasteiger charge is 2.12. The average molecular weight is 399 g/mol. The Morgan fingerprint density at radius 2 is 1.93 bits per heavy atom. The lowest BCUT2D eigenvalue weighted by atomic mass is 10.1. The number of nitrogens with zero attached hydrogens (tertiary/aromatic N) is 3. The van der Waals surface area contributed by atoms with E-state index in [2.05, 4.69) is 25.5 Å². The molecule has 3 rings (SSSR count). The third-order valence-corrected chi connectivity index (χ3v) is 4.76. The molecule has 2 aromatic rings. The zero-order chi connectivity index (χ0) is 20.5. The third kappa shape index (κ3) is 6.69. The first kappa shape index (κ1) is 21.0. The molecule has 156 valence electrons. The molecule has 2 N–H and O–H groups in total. The molecule has 1 aromatic carbocycles. The molecule has 8 heteroatoms. The molecule has 0 radical (unpaired) electrons. The Balaban J connectivity index is 1.47. The number of hydrogen-bond acceptors (Lipinski definition) is 7. The Morgan fingerprint density at radius 1 is 1.17 bits per heavy atom. The second kappa shape index (κ2) is 10.7. The fourth-order valence-electron chi connectivity index (χ4n) is 3.12. The van der Waals surface area contributed by atoms with Crippen molar-refractivity contribution in [2.75, 3.05) is 58.4 Å². The Hall–Kier alpha value is -2.71. The number of hydrogen-bond donors (Lipinski definition) is 2. The van der Waals surface area contributed by atoms with Crippen molar-refractivity contribution in [3.05, 3.63) is 47.3 Å². The Kier molecular flexibility index (Phi) is 7.77. The number of amides is 1. The molecule has 8 nitrogen and oxygen atoms in total. The van der Waals surface area contributed by atoms with Gasteiger partial charge in [0, 0.05) is 38.4 Å². The first-order valence-corrected chi connectivity index (χ1v) is 9.95. The maximum atomic E-state index is 12.5. The van der Waals surface area contributed by atoms with Crippen LogP contribution in [0.2, 0.25) is 0 Å². The normalized spacial score (nSPS) is 14.4. The van der Waals surface area contributed by atoms with E-state index in [0.29, 0.717) is 18.2 Å². The number of nitrogens with one attached hydrogen (secondary N) is 2. The maximum Gasteiger partial charge on any atom is 0.270 e. The van der Waals surface area contributed by atoms with Crippen molar-refractivity contribution < 1.29 is 14.3 Å². The summed E-state index contributed by atoms with van der Waals surface area (Å²) in [5.74, 6) is 1.11. The number of carbonyl (C=O) groups excluding carboxylic acids is 1. The van der Waals surface area contributed by atoms with Crippen LogP contribution in [0.25, 0.3) is 0 Å². The van der Waals surface area contributed by atoms with E-state index < -0.39 is 0 Å². The van der Waals surface area contributed by atoms with Gasteiger partial charge in [0.1, 0.15) is 11.4 Å². The molecule has 29 heavy (non-hydrogen) atoms. The van der Waals surface area contributed by atoms with Gasteiger partial charge in [-0.3, -0.25) is 9.69 Å². The number of ether oxygens (including phenoxy) is 2. The van der Waals surface area contributed by atoms with Gasteiger partial charge in [0.05, 0.1) is 20.3 Å². The van der Waals surface area contributed by atoms with E-state index in [9.17, 15) is 4.79 Å². The zero-order valence-electron chi connectivity index (χ0n) is 17.1. The molecule has 1 saturated heterocycles. The third-order valence-electron chi connectivity index (χ3n) is 4.76. The minimum Gasteiger partial charge on any atom is -0.497 e. The van der Waals surface area contributed by atoms with Crippen LogP contribution in [0.3, 0.4) is 0 Å². The van der Waals surface area contributed by atoms with Crippen LogP contribution in [0.4, 0.5) is 5.95 Å². The van der Waals surface area contributed by atoms with E-state index in [1.807, 2.05) is 31.2 Å². The molecular formula is C21H29N5O3. The van der Waals surface area contributed by atoms with Gasteiger partial charge in [-0.2, -0.15) is 0 Å². The van der Waals surface area contributed by atoms with Crippen LogP contribution >= 0.6 is 0 Å². The van der Waals surface area contributed by atoms with Gasteiger partial charge >= 0.3 is 0 Å². The molecule has 0 atom stereocenters. The van der Waals surface area contributed by atoms with E-state index in [-0.39, 0.29) is 5.91 Å². The van der Waals surface area contributed by atoms with Gasteiger partial charge in [-0.05, 0) is 37.1 Å². The summed E-state index contributed by atoms with van der Waals surface area (Å²) >= 11 is 0. The SMILES string of the molecule is COc1ccc(CCNC(=O)c2cc(C)nc(NCCN3CCOCC3)n2)cc1. The molecule has 0 saturated carbocycles. The summed E-state index contributed by atoms with van der Waals surface area (Å²) in [7, 11) is 1.64.